The zero-order valence-electron chi connectivity index (χ0n) is 9.05. The van der Waals surface area contributed by atoms with Gasteiger partial charge in [0.15, 0.2) is 0 Å². The Morgan fingerprint density at radius 3 is 2.14 bits per heavy atom. The van der Waals surface area contributed by atoms with Crippen molar-refractivity contribution in [3.63, 3.8) is 0 Å². The highest BCUT2D eigenvalue weighted by Crippen LogP contribution is 2.61. The van der Waals surface area contributed by atoms with E-state index in [-0.39, 0.29) is 0 Å². The molecule has 14 heavy (non-hydrogen) atoms. The average Bonchev–Trinajstić information content (AvgIpc) is 2.59. The second-order valence-corrected chi connectivity index (χ2v) is 9.97. The average molecular weight is 277 g/mol. The van der Waals surface area contributed by atoms with Crippen LogP contribution < -0.4 is 0 Å². The Bertz CT molecular complexity index is 196. The Labute approximate surface area is 97.4 Å². The zero-order valence-corrected chi connectivity index (χ0v) is 11.4. The predicted molar refractivity (Wildman–Crippen MR) is 73.0 cm³/mol. The SMILES string of the molecule is CCCCCCCCS1(Br)C=CC=C1. The van der Waals surface area contributed by atoms with Gasteiger partial charge >= 0.3 is 0 Å². The van der Waals surface area contributed by atoms with Crippen LogP contribution in [0.4, 0.5) is 0 Å². The van der Waals surface area contributed by atoms with E-state index in [1.807, 2.05) is 0 Å². The van der Waals surface area contributed by atoms with Gasteiger partial charge in [0.2, 0.25) is 0 Å². The Kier molecular flexibility index (Phi) is 5.95. The van der Waals surface area contributed by atoms with E-state index in [0.29, 0.717) is 0 Å². The molecular weight excluding hydrogens is 256 g/mol. The maximum atomic E-state index is 3.84. The Morgan fingerprint density at radius 1 is 0.929 bits per heavy atom. The maximum Gasteiger partial charge on any atom is -0.00653 e. The van der Waals surface area contributed by atoms with Crippen LogP contribution in [0.5, 0.6) is 0 Å². The van der Waals surface area contributed by atoms with E-state index in [1.54, 1.807) is 0 Å². The third kappa shape index (κ3) is 4.70. The molecule has 0 spiro atoms. The van der Waals surface area contributed by atoms with Crippen molar-refractivity contribution in [3.05, 3.63) is 23.0 Å². The highest BCUT2D eigenvalue weighted by Gasteiger charge is 2.14. The van der Waals surface area contributed by atoms with Crippen molar-refractivity contribution in [1.29, 1.82) is 0 Å². The summed E-state index contributed by atoms with van der Waals surface area (Å²) in [6, 6.07) is 0. The first-order valence-corrected chi connectivity index (χ1v) is 9.39. The van der Waals surface area contributed by atoms with Gasteiger partial charge in [-0.05, 0) is 37.8 Å². The lowest BCUT2D eigenvalue weighted by Crippen LogP contribution is -1.90. The quantitative estimate of drug-likeness (QED) is 0.539. The van der Waals surface area contributed by atoms with Crippen LogP contribution in [0, 0.1) is 0 Å². The van der Waals surface area contributed by atoms with Gasteiger partial charge in [0, 0.05) is 0 Å². The summed E-state index contributed by atoms with van der Waals surface area (Å²) in [7, 11) is -0.645. The summed E-state index contributed by atoms with van der Waals surface area (Å²) in [6.45, 7) is 2.27. The molecule has 1 aliphatic rings. The van der Waals surface area contributed by atoms with Crippen LogP contribution >= 0.6 is 23.3 Å². The van der Waals surface area contributed by atoms with Crippen LogP contribution in [0.2, 0.25) is 0 Å². The van der Waals surface area contributed by atoms with Gasteiger partial charge in [0.05, 0.1) is 0 Å². The van der Waals surface area contributed by atoms with Gasteiger partial charge in [-0.2, -0.15) is 0 Å². The first kappa shape index (κ1) is 12.4. The molecule has 0 N–H and O–H groups in total. The van der Waals surface area contributed by atoms with Crippen LogP contribution in [0.15, 0.2) is 23.0 Å². The minimum absolute atomic E-state index is 0.645. The smallest absolute Gasteiger partial charge is 0.00653 e. The highest BCUT2D eigenvalue weighted by atomic mass is 79.9. The summed E-state index contributed by atoms with van der Waals surface area (Å²) in [4.78, 5) is 0. The normalized spacial score (nSPS) is 20.1. The van der Waals surface area contributed by atoms with Crippen molar-refractivity contribution in [2.24, 2.45) is 0 Å². The topological polar surface area (TPSA) is 0 Å². The number of rotatable bonds is 7. The highest BCUT2D eigenvalue weighted by molar-refractivity contribution is 9.59. The summed E-state index contributed by atoms with van der Waals surface area (Å²) in [5.41, 5.74) is 0. The van der Waals surface area contributed by atoms with Crippen molar-refractivity contribution in [3.8, 4) is 0 Å². The van der Waals surface area contributed by atoms with Crippen LogP contribution in [-0.2, 0) is 0 Å². The maximum absolute atomic E-state index is 3.84. The molecule has 1 aliphatic heterocycles. The van der Waals surface area contributed by atoms with Crippen LogP contribution in [0.3, 0.4) is 0 Å². The summed E-state index contributed by atoms with van der Waals surface area (Å²) < 4.78 is 0. The molecule has 0 fully saturated rings. The van der Waals surface area contributed by atoms with Crippen molar-refractivity contribution in [2.75, 3.05) is 5.75 Å². The van der Waals surface area contributed by atoms with Crippen molar-refractivity contribution in [2.45, 2.75) is 45.4 Å². The van der Waals surface area contributed by atoms with Gasteiger partial charge < -0.3 is 0 Å². The fraction of sp³-hybridized carbons (Fsp3) is 0.667. The molecular formula is C12H21BrS. The molecule has 0 saturated carbocycles. The van der Waals surface area contributed by atoms with Gasteiger partial charge in [-0.25, -0.2) is 0 Å². The van der Waals surface area contributed by atoms with Crippen molar-refractivity contribution >= 4 is 23.3 Å². The van der Waals surface area contributed by atoms with E-state index in [9.17, 15) is 0 Å². The van der Waals surface area contributed by atoms with Gasteiger partial charge in [-0.1, -0.05) is 51.2 Å². The van der Waals surface area contributed by atoms with Gasteiger partial charge in [-0.15, -0.1) is 8.46 Å². The molecule has 1 heterocycles. The van der Waals surface area contributed by atoms with Crippen LogP contribution in [0.25, 0.3) is 0 Å². The lowest BCUT2D eigenvalue weighted by atomic mass is 10.1. The number of hydrogen-bond acceptors (Lipinski definition) is 0. The Morgan fingerprint density at radius 2 is 1.50 bits per heavy atom. The minimum atomic E-state index is -0.645. The van der Waals surface area contributed by atoms with Crippen molar-refractivity contribution in [1.82, 2.24) is 0 Å². The van der Waals surface area contributed by atoms with Crippen LogP contribution in [-0.4, -0.2) is 5.75 Å². The molecule has 0 amide bonds. The number of allylic oxidation sites excluding steroid dienone is 2. The zero-order chi connectivity index (χ0) is 10.3. The van der Waals surface area contributed by atoms with E-state index in [2.05, 4.69) is 44.7 Å². The molecule has 0 nitrogen and oxygen atoms in total. The Hall–Kier alpha value is 0.310. The van der Waals surface area contributed by atoms with E-state index in [0.717, 1.165) is 0 Å². The first-order chi connectivity index (χ1) is 6.77. The lowest BCUT2D eigenvalue weighted by Gasteiger charge is -2.22. The van der Waals surface area contributed by atoms with Gasteiger partial charge in [-0.3, -0.25) is 0 Å². The molecule has 0 aromatic heterocycles. The Balaban J connectivity index is 1.99. The molecule has 0 bridgehead atoms. The third-order valence-electron chi connectivity index (χ3n) is 2.53. The molecule has 1 rings (SSSR count). The number of halogens is 1. The van der Waals surface area contributed by atoms with Crippen molar-refractivity contribution < 1.29 is 0 Å². The molecule has 0 saturated heterocycles. The van der Waals surface area contributed by atoms with E-state index < -0.39 is 8.46 Å². The standard InChI is InChI=1S/C12H21BrS/c1-2-3-4-5-6-7-10-14(13)11-8-9-12-14/h8-9,11-12H,2-7,10H2,1H3. The number of unbranched alkanes of at least 4 members (excludes halogenated alkanes) is 5. The van der Waals surface area contributed by atoms with E-state index in [1.165, 1.54) is 44.3 Å². The van der Waals surface area contributed by atoms with Gasteiger partial charge in [0.1, 0.15) is 0 Å². The van der Waals surface area contributed by atoms with E-state index >= 15 is 0 Å². The molecule has 0 aromatic carbocycles. The monoisotopic (exact) mass is 276 g/mol. The second-order valence-electron chi connectivity index (χ2n) is 3.89. The predicted octanol–water partition coefficient (Wildman–Crippen LogP) is 5.50. The first-order valence-electron chi connectivity index (χ1n) is 5.62. The summed E-state index contributed by atoms with van der Waals surface area (Å²) in [5, 5.41) is 4.66. The fourth-order valence-corrected chi connectivity index (χ4v) is 4.78. The largest absolute Gasteiger partial charge is 0.142 e. The fourth-order valence-electron chi connectivity index (χ4n) is 1.64. The van der Waals surface area contributed by atoms with E-state index in [4.69, 9.17) is 0 Å². The van der Waals surface area contributed by atoms with Crippen LogP contribution in [0.1, 0.15) is 45.4 Å². The summed E-state index contributed by atoms with van der Waals surface area (Å²) in [5.74, 6) is 1.33. The second kappa shape index (κ2) is 6.73. The molecule has 82 valence electrons. The molecule has 0 aliphatic carbocycles. The molecule has 0 aromatic rings. The van der Waals surface area contributed by atoms with Gasteiger partial charge in [0.25, 0.3) is 0 Å². The molecule has 2 heteroatoms. The summed E-state index contributed by atoms with van der Waals surface area (Å²) in [6.07, 6.45) is 12.7. The molecule has 0 atom stereocenters. The lowest BCUT2D eigenvalue weighted by molar-refractivity contribution is 0.627. The minimum Gasteiger partial charge on any atom is -0.142 e. The molecule has 0 unspecified atom stereocenters. The molecule has 0 radical (unpaired) electrons. The number of hydrogen-bond donors (Lipinski definition) is 0. The third-order valence-corrected chi connectivity index (χ3v) is 6.93. The summed E-state index contributed by atoms with van der Waals surface area (Å²) >= 11 is 3.84.